The first kappa shape index (κ1) is 26.9. The zero-order chi connectivity index (χ0) is 28.6. The van der Waals surface area contributed by atoms with E-state index in [4.69, 9.17) is 0 Å². The lowest BCUT2D eigenvalue weighted by molar-refractivity contribution is -0.162. The van der Waals surface area contributed by atoms with Gasteiger partial charge in [-0.1, -0.05) is 0 Å². The van der Waals surface area contributed by atoms with Gasteiger partial charge in [-0.25, -0.2) is 13.2 Å². The Kier molecular flexibility index (Phi) is 6.29. The molecule has 2 heterocycles. The first-order chi connectivity index (χ1) is 18.8. The number of nitrogens with zero attached hydrogens (tertiary/aromatic N) is 2. The van der Waals surface area contributed by atoms with Crippen LogP contribution in [0.2, 0.25) is 0 Å². The number of carbonyl (C=O) groups is 2. The molecule has 1 aliphatic heterocycles. The molecule has 0 spiro atoms. The number of piperazine rings is 1. The van der Waals surface area contributed by atoms with Gasteiger partial charge in [-0.3, -0.25) is 9.59 Å². The molecule has 3 aliphatic rings. The molecule has 9 heteroatoms. The van der Waals surface area contributed by atoms with E-state index in [2.05, 4.69) is 4.98 Å². The van der Waals surface area contributed by atoms with Crippen LogP contribution in [0, 0.1) is 29.3 Å². The molecule has 212 valence electrons. The molecule has 0 unspecified atom stereocenters. The third kappa shape index (κ3) is 4.58. The number of aromatic amines is 1. The van der Waals surface area contributed by atoms with E-state index in [1.807, 2.05) is 23.6 Å². The summed E-state index contributed by atoms with van der Waals surface area (Å²) in [6, 6.07) is 8.01. The number of nitrogens with one attached hydrogen (secondary N) is 1. The van der Waals surface area contributed by atoms with Crippen molar-refractivity contribution in [2.75, 3.05) is 19.6 Å². The minimum Gasteiger partial charge on any atom is -0.390 e. The second kappa shape index (κ2) is 9.36. The third-order valence-corrected chi connectivity index (χ3v) is 9.09. The highest BCUT2D eigenvalue weighted by atomic mass is 19.1. The van der Waals surface area contributed by atoms with Crippen LogP contribution in [0.15, 0.2) is 36.4 Å². The lowest BCUT2D eigenvalue weighted by Gasteiger charge is -2.51. The molecule has 6 rings (SSSR count). The number of hydrogen-bond donors (Lipinski definition) is 2. The number of aliphatic hydroxyl groups is 1. The molecule has 0 radical (unpaired) electrons. The third-order valence-electron chi connectivity index (χ3n) is 9.09. The Bertz CT molecular complexity index is 1480. The summed E-state index contributed by atoms with van der Waals surface area (Å²) in [5, 5.41) is 10.5. The van der Waals surface area contributed by atoms with Crippen molar-refractivity contribution >= 4 is 22.7 Å². The topological polar surface area (TPSA) is 76.6 Å². The van der Waals surface area contributed by atoms with Crippen LogP contribution in [0.1, 0.15) is 57.9 Å². The summed E-state index contributed by atoms with van der Waals surface area (Å²) >= 11 is 0. The van der Waals surface area contributed by atoms with E-state index in [-0.39, 0.29) is 35.1 Å². The van der Waals surface area contributed by atoms with E-state index in [0.717, 1.165) is 11.6 Å². The molecule has 2 aromatic carbocycles. The molecule has 2 saturated carbocycles. The Balaban J connectivity index is 1.18. The summed E-state index contributed by atoms with van der Waals surface area (Å²) in [6.45, 7) is 7.00. The van der Waals surface area contributed by atoms with Crippen molar-refractivity contribution in [3.63, 3.8) is 0 Å². The SMILES string of the molecule is CC1(C)CN(C(=O)[C@H]2C[C@H](c3c(-c4ccc(F)cc4)[nH]c4c(F)cc(F)cc43)C2)CCN1C(=O)[C@H]1C[C@@](C)(O)C1. The molecule has 1 saturated heterocycles. The van der Waals surface area contributed by atoms with Gasteiger partial charge in [0.05, 0.1) is 22.4 Å². The monoisotopic (exact) mass is 553 g/mol. The molecule has 2 aliphatic carbocycles. The smallest absolute Gasteiger partial charge is 0.226 e. The fourth-order valence-electron chi connectivity index (χ4n) is 6.97. The van der Waals surface area contributed by atoms with Crippen molar-refractivity contribution < 1.29 is 27.9 Å². The first-order valence-corrected chi connectivity index (χ1v) is 13.9. The molecule has 6 nitrogen and oxygen atoms in total. The number of aromatic nitrogens is 1. The average Bonchev–Trinajstić information content (AvgIpc) is 3.20. The van der Waals surface area contributed by atoms with Crippen molar-refractivity contribution in [2.24, 2.45) is 11.8 Å². The van der Waals surface area contributed by atoms with Crippen LogP contribution in [-0.4, -0.2) is 62.5 Å². The zero-order valence-electron chi connectivity index (χ0n) is 22.9. The minimum atomic E-state index is -0.776. The van der Waals surface area contributed by atoms with Crippen molar-refractivity contribution in [3.05, 3.63) is 59.4 Å². The van der Waals surface area contributed by atoms with Gasteiger partial charge in [-0.2, -0.15) is 0 Å². The number of rotatable bonds is 4. The fourth-order valence-corrected chi connectivity index (χ4v) is 6.97. The maximum absolute atomic E-state index is 14.7. The molecule has 2 N–H and O–H groups in total. The normalized spacial score (nSPS) is 27.8. The summed E-state index contributed by atoms with van der Waals surface area (Å²) in [5.41, 5.74) is 0.910. The highest BCUT2D eigenvalue weighted by Crippen LogP contribution is 2.49. The summed E-state index contributed by atoms with van der Waals surface area (Å²) in [4.78, 5) is 33.4. The standard InChI is InChI=1S/C31H34F3N3O3/c1-30(2)16-36(8-9-37(30)29(39)20-14-31(3,40)15-20)28(38)19-10-18(11-19)25-23-12-22(33)13-24(34)27(23)35-26(25)17-4-6-21(32)7-5-17/h4-7,12-13,18-20,35,40H,8-11,14-16H2,1-3H3/t18-,19-,20-,31+. The summed E-state index contributed by atoms with van der Waals surface area (Å²) in [7, 11) is 0. The molecule has 2 amide bonds. The Morgan fingerprint density at radius 1 is 0.925 bits per heavy atom. The van der Waals surface area contributed by atoms with Crippen LogP contribution in [0.5, 0.6) is 0 Å². The second-order valence-corrected chi connectivity index (χ2v) is 12.8. The molecule has 0 atom stereocenters. The van der Waals surface area contributed by atoms with Gasteiger partial charge in [-0.15, -0.1) is 0 Å². The van der Waals surface area contributed by atoms with Crippen molar-refractivity contribution in [1.29, 1.82) is 0 Å². The van der Waals surface area contributed by atoms with E-state index in [1.165, 1.54) is 18.2 Å². The number of fused-ring (bicyclic) bond motifs is 1. The van der Waals surface area contributed by atoms with E-state index >= 15 is 0 Å². The van der Waals surface area contributed by atoms with Gasteiger partial charge in [0.15, 0.2) is 0 Å². The van der Waals surface area contributed by atoms with Crippen LogP contribution in [0.3, 0.4) is 0 Å². The van der Waals surface area contributed by atoms with Gasteiger partial charge in [0.2, 0.25) is 11.8 Å². The molecule has 40 heavy (non-hydrogen) atoms. The van der Waals surface area contributed by atoms with Gasteiger partial charge in [-0.05, 0) is 93.8 Å². The summed E-state index contributed by atoms with van der Waals surface area (Å²) in [5.74, 6) is -2.19. The molecular formula is C31H34F3N3O3. The van der Waals surface area contributed by atoms with Crippen molar-refractivity contribution in [3.8, 4) is 11.3 Å². The Morgan fingerprint density at radius 2 is 1.60 bits per heavy atom. The number of hydrogen-bond acceptors (Lipinski definition) is 3. The lowest BCUT2D eigenvalue weighted by Crippen LogP contribution is -2.65. The summed E-state index contributed by atoms with van der Waals surface area (Å²) < 4.78 is 42.5. The van der Waals surface area contributed by atoms with E-state index in [9.17, 15) is 27.9 Å². The highest BCUT2D eigenvalue weighted by Gasteiger charge is 2.49. The van der Waals surface area contributed by atoms with E-state index in [0.29, 0.717) is 62.0 Å². The van der Waals surface area contributed by atoms with Crippen LogP contribution < -0.4 is 0 Å². The Morgan fingerprint density at radius 3 is 2.23 bits per heavy atom. The van der Waals surface area contributed by atoms with Gasteiger partial charge >= 0.3 is 0 Å². The molecular weight excluding hydrogens is 519 g/mol. The molecule has 3 fully saturated rings. The maximum Gasteiger partial charge on any atom is 0.226 e. The number of benzene rings is 2. The largest absolute Gasteiger partial charge is 0.390 e. The average molecular weight is 554 g/mol. The number of halogens is 3. The number of carbonyl (C=O) groups excluding carboxylic acids is 2. The van der Waals surface area contributed by atoms with Crippen LogP contribution >= 0.6 is 0 Å². The highest BCUT2D eigenvalue weighted by molar-refractivity contribution is 5.93. The predicted octanol–water partition coefficient (Wildman–Crippen LogP) is 5.36. The second-order valence-electron chi connectivity index (χ2n) is 12.8. The quantitative estimate of drug-likeness (QED) is 0.457. The van der Waals surface area contributed by atoms with E-state index in [1.54, 1.807) is 19.1 Å². The van der Waals surface area contributed by atoms with Crippen molar-refractivity contribution in [2.45, 2.75) is 63.5 Å². The number of H-pyrrole nitrogens is 1. The van der Waals surface area contributed by atoms with Gasteiger partial charge < -0.3 is 19.9 Å². The van der Waals surface area contributed by atoms with Crippen LogP contribution in [0.4, 0.5) is 13.2 Å². The van der Waals surface area contributed by atoms with Gasteiger partial charge in [0.1, 0.15) is 17.5 Å². The van der Waals surface area contributed by atoms with Gasteiger partial charge in [0, 0.05) is 42.9 Å². The zero-order valence-corrected chi connectivity index (χ0v) is 22.9. The fraction of sp³-hybridized carbons (Fsp3) is 0.484. The first-order valence-electron chi connectivity index (χ1n) is 13.9. The van der Waals surface area contributed by atoms with Crippen LogP contribution in [-0.2, 0) is 9.59 Å². The summed E-state index contributed by atoms with van der Waals surface area (Å²) in [6.07, 6.45) is 2.00. The van der Waals surface area contributed by atoms with Gasteiger partial charge in [0.25, 0.3) is 0 Å². The minimum absolute atomic E-state index is 0.0311. The lowest BCUT2D eigenvalue weighted by atomic mass is 9.69. The molecule has 0 bridgehead atoms. The van der Waals surface area contributed by atoms with Crippen molar-refractivity contribution in [1.82, 2.24) is 14.8 Å². The predicted molar refractivity (Wildman–Crippen MR) is 145 cm³/mol. The Hall–Kier alpha value is -3.33. The molecule has 1 aromatic heterocycles. The maximum atomic E-state index is 14.7. The van der Waals surface area contributed by atoms with E-state index < -0.39 is 28.6 Å². The number of amides is 2. The van der Waals surface area contributed by atoms with Crippen LogP contribution in [0.25, 0.3) is 22.2 Å². The Labute approximate surface area is 231 Å². The molecule has 3 aromatic rings.